The van der Waals surface area contributed by atoms with E-state index in [9.17, 15) is 15.2 Å². The zero-order valence-electron chi connectivity index (χ0n) is 11.8. The lowest BCUT2D eigenvalue weighted by Gasteiger charge is -2.23. The topological polar surface area (TPSA) is 88.3 Å². The van der Waals surface area contributed by atoms with Gasteiger partial charge in [0.05, 0.1) is 16.9 Å². The van der Waals surface area contributed by atoms with Gasteiger partial charge in [0, 0.05) is 40.8 Å². The molecular formula is C14H17N3O3S. The lowest BCUT2D eigenvalue weighted by molar-refractivity contribution is -0.383. The van der Waals surface area contributed by atoms with E-state index in [4.69, 9.17) is 0 Å². The standard InChI is InChI=1S/C14H17N3O3S/c1-9(14(8-18)21-2)16-12-3-4-13(17(19)20)10-5-6-15-7-11(10)12/h3-7,9,14,16,18H,8H2,1-2H3. The molecule has 2 rings (SSSR count). The van der Waals surface area contributed by atoms with Crippen LogP contribution in [0.15, 0.2) is 30.6 Å². The summed E-state index contributed by atoms with van der Waals surface area (Å²) in [7, 11) is 0. The second kappa shape index (κ2) is 6.73. The Labute approximate surface area is 126 Å². The van der Waals surface area contributed by atoms with Crippen LogP contribution in [0.3, 0.4) is 0 Å². The Hall–Kier alpha value is -1.86. The molecule has 1 aromatic heterocycles. The summed E-state index contributed by atoms with van der Waals surface area (Å²) >= 11 is 1.57. The van der Waals surface area contributed by atoms with Gasteiger partial charge in [-0.3, -0.25) is 15.1 Å². The Balaban J connectivity index is 2.42. The van der Waals surface area contributed by atoms with Gasteiger partial charge in [0.25, 0.3) is 5.69 Å². The number of nitrogens with one attached hydrogen (secondary N) is 1. The summed E-state index contributed by atoms with van der Waals surface area (Å²) in [6.07, 6.45) is 5.10. The van der Waals surface area contributed by atoms with Crippen molar-refractivity contribution in [3.63, 3.8) is 0 Å². The fourth-order valence-corrected chi connectivity index (χ4v) is 2.86. The number of anilines is 1. The molecule has 2 aromatic rings. The summed E-state index contributed by atoms with van der Waals surface area (Å²) < 4.78 is 0. The van der Waals surface area contributed by atoms with Crippen molar-refractivity contribution < 1.29 is 10.0 Å². The predicted molar refractivity (Wildman–Crippen MR) is 85.9 cm³/mol. The highest BCUT2D eigenvalue weighted by Gasteiger charge is 2.18. The highest BCUT2D eigenvalue weighted by molar-refractivity contribution is 7.99. The van der Waals surface area contributed by atoms with E-state index in [0.29, 0.717) is 10.8 Å². The van der Waals surface area contributed by atoms with Crippen molar-refractivity contribution in [3.8, 4) is 0 Å². The number of pyridine rings is 1. The van der Waals surface area contributed by atoms with Crippen molar-refractivity contribution in [1.82, 2.24) is 4.98 Å². The average Bonchev–Trinajstić information content (AvgIpc) is 2.48. The fourth-order valence-electron chi connectivity index (χ4n) is 2.23. The largest absolute Gasteiger partial charge is 0.395 e. The number of benzene rings is 1. The summed E-state index contributed by atoms with van der Waals surface area (Å²) in [6.45, 7) is 2.04. The zero-order chi connectivity index (χ0) is 15.4. The van der Waals surface area contributed by atoms with Crippen LogP contribution in [0.4, 0.5) is 11.4 Å². The number of hydrogen-bond donors (Lipinski definition) is 2. The number of hydrogen-bond acceptors (Lipinski definition) is 6. The normalized spacial score (nSPS) is 13.9. The molecule has 21 heavy (non-hydrogen) atoms. The Morgan fingerprint density at radius 2 is 2.19 bits per heavy atom. The van der Waals surface area contributed by atoms with E-state index in [2.05, 4.69) is 10.3 Å². The number of fused-ring (bicyclic) bond motifs is 1. The molecule has 0 bridgehead atoms. The number of aliphatic hydroxyl groups excluding tert-OH is 1. The third-order valence-corrected chi connectivity index (χ3v) is 4.58. The molecule has 1 heterocycles. The molecule has 7 heteroatoms. The Kier molecular flexibility index (Phi) is 4.98. The minimum absolute atomic E-state index is 0.0230. The van der Waals surface area contributed by atoms with E-state index in [0.717, 1.165) is 5.69 Å². The van der Waals surface area contributed by atoms with Crippen LogP contribution in [0.1, 0.15) is 6.92 Å². The quantitative estimate of drug-likeness (QED) is 0.630. The molecule has 0 aliphatic heterocycles. The second-order valence-corrected chi connectivity index (χ2v) is 5.78. The maximum Gasteiger partial charge on any atom is 0.277 e. The molecule has 6 nitrogen and oxygen atoms in total. The number of aliphatic hydroxyl groups is 1. The number of thioether (sulfide) groups is 1. The molecule has 2 unspecified atom stereocenters. The molecule has 1 aromatic carbocycles. The van der Waals surface area contributed by atoms with E-state index in [1.54, 1.807) is 36.3 Å². The first-order chi connectivity index (χ1) is 10.1. The van der Waals surface area contributed by atoms with E-state index >= 15 is 0 Å². The highest BCUT2D eigenvalue weighted by Crippen LogP contribution is 2.31. The van der Waals surface area contributed by atoms with Crippen LogP contribution in [0.25, 0.3) is 10.8 Å². The van der Waals surface area contributed by atoms with Gasteiger partial charge >= 0.3 is 0 Å². The Morgan fingerprint density at radius 3 is 2.81 bits per heavy atom. The van der Waals surface area contributed by atoms with E-state index < -0.39 is 4.92 Å². The van der Waals surface area contributed by atoms with Crippen LogP contribution in [0.2, 0.25) is 0 Å². The number of nitro groups is 1. The lowest BCUT2D eigenvalue weighted by atomic mass is 10.1. The first-order valence-corrected chi connectivity index (χ1v) is 7.78. The monoisotopic (exact) mass is 307 g/mol. The van der Waals surface area contributed by atoms with Gasteiger partial charge in [-0.2, -0.15) is 11.8 Å². The molecule has 0 aliphatic carbocycles. The summed E-state index contributed by atoms with van der Waals surface area (Å²) in [4.78, 5) is 14.7. The van der Waals surface area contributed by atoms with Gasteiger partial charge in [-0.15, -0.1) is 0 Å². The number of nitro benzene ring substituents is 1. The van der Waals surface area contributed by atoms with Gasteiger partial charge in [0.15, 0.2) is 0 Å². The number of non-ortho nitro benzene ring substituents is 1. The number of rotatable bonds is 6. The van der Waals surface area contributed by atoms with E-state index in [1.165, 1.54) is 6.07 Å². The molecule has 0 radical (unpaired) electrons. The van der Waals surface area contributed by atoms with Gasteiger partial charge < -0.3 is 10.4 Å². The van der Waals surface area contributed by atoms with Crippen molar-refractivity contribution in [2.24, 2.45) is 0 Å². The molecule has 0 amide bonds. The van der Waals surface area contributed by atoms with Crippen LogP contribution in [0.5, 0.6) is 0 Å². The maximum absolute atomic E-state index is 11.1. The summed E-state index contributed by atoms with van der Waals surface area (Å²) in [5.74, 6) is 0. The highest BCUT2D eigenvalue weighted by atomic mass is 32.2. The van der Waals surface area contributed by atoms with Gasteiger partial charge in [0.2, 0.25) is 0 Å². The molecule has 0 saturated carbocycles. The molecule has 2 atom stereocenters. The minimum Gasteiger partial charge on any atom is -0.395 e. The predicted octanol–water partition coefficient (Wildman–Crippen LogP) is 2.67. The molecular weight excluding hydrogens is 290 g/mol. The van der Waals surface area contributed by atoms with Crippen LogP contribution >= 0.6 is 11.8 Å². The summed E-state index contributed by atoms with van der Waals surface area (Å²) in [5, 5.41) is 25.0. The van der Waals surface area contributed by atoms with Crippen LogP contribution in [-0.2, 0) is 0 Å². The minimum atomic E-state index is -0.395. The first-order valence-electron chi connectivity index (χ1n) is 6.49. The van der Waals surface area contributed by atoms with Crippen LogP contribution < -0.4 is 5.32 Å². The molecule has 2 N–H and O–H groups in total. The smallest absolute Gasteiger partial charge is 0.277 e. The Bertz CT molecular complexity index is 646. The first kappa shape index (κ1) is 15.5. The average molecular weight is 307 g/mol. The maximum atomic E-state index is 11.1. The SMILES string of the molecule is CSC(CO)C(C)Nc1ccc([N+](=O)[O-])c2ccncc12. The van der Waals surface area contributed by atoms with Crippen molar-refractivity contribution in [2.75, 3.05) is 18.2 Å². The van der Waals surface area contributed by atoms with Crippen molar-refractivity contribution in [2.45, 2.75) is 18.2 Å². The molecule has 0 saturated heterocycles. The third-order valence-electron chi connectivity index (χ3n) is 3.42. The molecule has 0 fully saturated rings. The van der Waals surface area contributed by atoms with E-state index in [-0.39, 0.29) is 23.6 Å². The summed E-state index contributed by atoms with van der Waals surface area (Å²) in [6, 6.07) is 4.84. The molecule has 0 spiro atoms. The lowest BCUT2D eigenvalue weighted by Crippen LogP contribution is -2.31. The van der Waals surface area contributed by atoms with Crippen molar-refractivity contribution >= 4 is 33.9 Å². The fraction of sp³-hybridized carbons (Fsp3) is 0.357. The van der Waals surface area contributed by atoms with Crippen LogP contribution in [-0.4, -0.2) is 39.2 Å². The van der Waals surface area contributed by atoms with Gasteiger partial charge in [-0.25, -0.2) is 0 Å². The van der Waals surface area contributed by atoms with E-state index in [1.807, 2.05) is 13.2 Å². The number of nitrogens with zero attached hydrogens (tertiary/aromatic N) is 2. The van der Waals surface area contributed by atoms with Gasteiger partial charge in [-0.1, -0.05) is 0 Å². The Morgan fingerprint density at radius 1 is 1.43 bits per heavy atom. The van der Waals surface area contributed by atoms with Crippen LogP contribution in [0, 0.1) is 10.1 Å². The van der Waals surface area contributed by atoms with Crippen molar-refractivity contribution in [3.05, 3.63) is 40.7 Å². The van der Waals surface area contributed by atoms with Gasteiger partial charge in [0.1, 0.15) is 0 Å². The zero-order valence-corrected chi connectivity index (χ0v) is 12.6. The van der Waals surface area contributed by atoms with Crippen molar-refractivity contribution in [1.29, 1.82) is 0 Å². The third kappa shape index (κ3) is 3.25. The second-order valence-electron chi connectivity index (χ2n) is 4.70. The van der Waals surface area contributed by atoms with Gasteiger partial charge in [-0.05, 0) is 25.3 Å². The number of aromatic nitrogens is 1. The summed E-state index contributed by atoms with van der Waals surface area (Å²) in [5.41, 5.74) is 0.845. The molecule has 112 valence electrons. The molecule has 0 aliphatic rings.